The van der Waals surface area contributed by atoms with Crippen LogP contribution in [-0.4, -0.2) is 8.75 Å². The van der Waals surface area contributed by atoms with Gasteiger partial charge in [0.1, 0.15) is 11.0 Å². The van der Waals surface area contributed by atoms with Crippen LogP contribution in [0, 0.1) is 0 Å². The summed E-state index contributed by atoms with van der Waals surface area (Å²) in [5.41, 5.74) is 26.6. The van der Waals surface area contributed by atoms with Crippen molar-refractivity contribution in [1.29, 1.82) is 0 Å². The maximum atomic E-state index is 5.14. The van der Waals surface area contributed by atoms with Gasteiger partial charge in [-0.25, -0.2) is 0 Å². The van der Waals surface area contributed by atoms with Crippen molar-refractivity contribution in [2.75, 3.05) is 0 Å². The van der Waals surface area contributed by atoms with Gasteiger partial charge in [0.2, 0.25) is 0 Å². The maximum Gasteiger partial charge on any atom is 0.113 e. The smallest absolute Gasteiger partial charge is 0.113 e. The molecule has 2 aliphatic rings. The minimum atomic E-state index is 0.926. The van der Waals surface area contributed by atoms with Gasteiger partial charge in [-0.3, -0.25) is 0 Å². The average molecular weight is 941 g/mol. The molecular formula is C70H40N2S. The lowest BCUT2D eigenvalue weighted by Crippen LogP contribution is -1.93. The lowest BCUT2D eigenvalue weighted by Gasteiger charge is -2.20. The molecule has 0 N–H and O–H groups in total. The Morgan fingerprint density at radius 1 is 0.192 bits per heavy atom. The number of rotatable bonds is 6. The van der Waals surface area contributed by atoms with Crippen molar-refractivity contribution in [2.24, 2.45) is 0 Å². The van der Waals surface area contributed by atoms with Crippen LogP contribution >= 0.6 is 11.7 Å². The minimum absolute atomic E-state index is 0.926. The van der Waals surface area contributed by atoms with Gasteiger partial charge in [-0.2, -0.15) is 8.75 Å². The number of fused-ring (bicyclic) bond motifs is 9. The van der Waals surface area contributed by atoms with Gasteiger partial charge in [0.05, 0.1) is 11.7 Å². The Morgan fingerprint density at radius 3 is 0.781 bits per heavy atom. The summed E-state index contributed by atoms with van der Waals surface area (Å²) < 4.78 is 10.3. The predicted molar refractivity (Wildman–Crippen MR) is 309 cm³/mol. The summed E-state index contributed by atoms with van der Waals surface area (Å²) in [7, 11) is 0. The molecule has 0 aliphatic heterocycles. The fourth-order valence-corrected chi connectivity index (χ4v) is 13.6. The molecule has 73 heavy (non-hydrogen) atoms. The third-order valence-electron chi connectivity index (χ3n) is 15.8. The van der Waals surface area contributed by atoms with Crippen LogP contribution < -0.4 is 0 Å². The largest absolute Gasteiger partial charge is 0.172 e. The van der Waals surface area contributed by atoms with Gasteiger partial charge in [-0.05, 0) is 143 Å². The highest BCUT2D eigenvalue weighted by Gasteiger charge is 2.34. The number of hydrogen-bond donors (Lipinski definition) is 0. The highest BCUT2D eigenvalue weighted by molar-refractivity contribution is 7.00. The second-order valence-electron chi connectivity index (χ2n) is 19.5. The number of benzene rings is 13. The summed E-state index contributed by atoms with van der Waals surface area (Å²) in [6.07, 6.45) is 0. The van der Waals surface area contributed by atoms with Gasteiger partial charge < -0.3 is 0 Å². The highest BCUT2D eigenvalue weighted by atomic mass is 32.1. The third-order valence-corrected chi connectivity index (χ3v) is 16.4. The Kier molecular flexibility index (Phi) is 8.65. The second-order valence-corrected chi connectivity index (χ2v) is 20.0. The van der Waals surface area contributed by atoms with Crippen LogP contribution in [0.25, 0.3) is 165 Å². The maximum absolute atomic E-state index is 5.14. The van der Waals surface area contributed by atoms with Crippen molar-refractivity contribution < 1.29 is 0 Å². The standard InChI is InChI=1S/C70H40N2S/c1-5-19-41(20-6-1)59-49-27-13-15-29-51(49)61(43-23-9-3-10-24-43)67-57-39-35-45(47-31-17-33-55(63(47)57)65(59)67)53-37-38-54(70-69(53)71-73-72-70)46-36-40-58-64-48(46)32-18-34-56(64)66-60(42-21-7-2-8-22-42)50-28-14-16-30-52(50)62(68(58)66)44-25-11-4-12-26-44/h1-40H. The van der Waals surface area contributed by atoms with Gasteiger partial charge in [0, 0.05) is 11.1 Å². The minimum Gasteiger partial charge on any atom is -0.172 e. The summed E-state index contributed by atoms with van der Waals surface area (Å²) in [5, 5.41) is 10.0. The van der Waals surface area contributed by atoms with Crippen molar-refractivity contribution in [3.8, 4) is 111 Å². The molecule has 336 valence electrons. The lowest BCUT2D eigenvalue weighted by atomic mass is 9.82. The highest BCUT2D eigenvalue weighted by Crippen LogP contribution is 2.61. The van der Waals surface area contributed by atoms with E-state index in [0.717, 1.165) is 33.3 Å². The molecule has 3 heteroatoms. The number of nitrogens with zero attached hydrogens (tertiary/aromatic N) is 2. The molecule has 2 aliphatic carbocycles. The molecule has 0 unspecified atom stereocenters. The van der Waals surface area contributed by atoms with Gasteiger partial charge >= 0.3 is 0 Å². The van der Waals surface area contributed by atoms with Crippen molar-refractivity contribution in [1.82, 2.24) is 8.75 Å². The number of aromatic nitrogens is 2. The normalized spacial score (nSPS) is 12.1. The van der Waals surface area contributed by atoms with Crippen LogP contribution in [0.4, 0.5) is 0 Å². The fourth-order valence-electron chi connectivity index (χ4n) is 13.0. The van der Waals surface area contributed by atoms with Crippen molar-refractivity contribution in [2.45, 2.75) is 0 Å². The summed E-state index contributed by atoms with van der Waals surface area (Å²) in [6.45, 7) is 0. The monoisotopic (exact) mass is 940 g/mol. The van der Waals surface area contributed by atoms with E-state index >= 15 is 0 Å². The first-order valence-electron chi connectivity index (χ1n) is 25.1. The van der Waals surface area contributed by atoms with Crippen molar-refractivity contribution in [3.63, 3.8) is 0 Å². The Bertz CT molecular complexity index is 4150. The van der Waals surface area contributed by atoms with E-state index < -0.39 is 0 Å². The summed E-state index contributed by atoms with van der Waals surface area (Å²) in [4.78, 5) is 0. The van der Waals surface area contributed by atoms with Crippen LogP contribution in [0.5, 0.6) is 0 Å². The molecule has 0 fully saturated rings. The van der Waals surface area contributed by atoms with Gasteiger partial charge in [0.15, 0.2) is 0 Å². The van der Waals surface area contributed by atoms with E-state index in [1.165, 1.54) is 144 Å². The van der Waals surface area contributed by atoms with E-state index in [2.05, 4.69) is 243 Å². The molecule has 0 amide bonds. The Hall–Kier alpha value is -9.28. The second kappa shape index (κ2) is 15.6. The van der Waals surface area contributed by atoms with E-state index in [9.17, 15) is 0 Å². The summed E-state index contributed by atoms with van der Waals surface area (Å²) in [6, 6.07) is 89.6. The Balaban J connectivity index is 0.910. The first-order valence-corrected chi connectivity index (χ1v) is 25.8. The van der Waals surface area contributed by atoms with Crippen LogP contribution in [0.3, 0.4) is 0 Å². The van der Waals surface area contributed by atoms with E-state index in [1.54, 1.807) is 0 Å². The van der Waals surface area contributed by atoms with Crippen LogP contribution in [0.15, 0.2) is 243 Å². The molecule has 0 spiro atoms. The van der Waals surface area contributed by atoms with Crippen molar-refractivity contribution >= 4 is 65.9 Å². The van der Waals surface area contributed by atoms with E-state index in [0.29, 0.717) is 0 Å². The molecule has 0 saturated carbocycles. The van der Waals surface area contributed by atoms with Gasteiger partial charge in [-0.15, -0.1) is 0 Å². The molecular weight excluding hydrogens is 901 g/mol. The molecule has 0 atom stereocenters. The van der Waals surface area contributed by atoms with Crippen LogP contribution in [0.2, 0.25) is 0 Å². The summed E-state index contributed by atoms with van der Waals surface area (Å²) in [5.74, 6) is 0. The van der Waals surface area contributed by atoms with Crippen LogP contribution in [0.1, 0.15) is 0 Å². The fraction of sp³-hybridized carbons (Fsp3) is 0. The third kappa shape index (κ3) is 5.68. The predicted octanol–water partition coefficient (Wildman–Crippen LogP) is 19.6. The molecule has 1 heterocycles. The number of hydrogen-bond acceptors (Lipinski definition) is 3. The average Bonchev–Trinajstić information content (AvgIpc) is 4.22. The zero-order chi connectivity index (χ0) is 47.7. The lowest BCUT2D eigenvalue weighted by molar-refractivity contribution is 1.60. The van der Waals surface area contributed by atoms with Gasteiger partial charge in [0.25, 0.3) is 0 Å². The zero-order valence-electron chi connectivity index (χ0n) is 39.4. The molecule has 2 nitrogen and oxygen atoms in total. The molecule has 13 aromatic carbocycles. The quantitative estimate of drug-likeness (QED) is 0.166. The van der Waals surface area contributed by atoms with Crippen LogP contribution in [-0.2, 0) is 0 Å². The zero-order valence-corrected chi connectivity index (χ0v) is 40.2. The van der Waals surface area contributed by atoms with E-state index in [4.69, 9.17) is 8.75 Å². The Labute approximate surface area is 426 Å². The molecule has 14 aromatic rings. The topological polar surface area (TPSA) is 25.8 Å². The molecule has 16 rings (SSSR count). The molecule has 0 radical (unpaired) electrons. The molecule has 1 aromatic heterocycles. The SMILES string of the molecule is c1ccc(-c2c3c(c(-c4ccccc4)c4ccccc24)-c2ccc(-c4ccc(-c5ccc6c7c(cccc57)-c5c-6c(-c6ccccc6)c6ccccc6c5-c5ccccc5)c5nsnc45)c4cccc-3c24)cc1. The molecule has 0 saturated heterocycles. The Morgan fingerprint density at radius 2 is 0.452 bits per heavy atom. The first-order chi connectivity index (χ1) is 36.3. The van der Waals surface area contributed by atoms with Crippen molar-refractivity contribution in [3.05, 3.63) is 243 Å². The van der Waals surface area contributed by atoms with Gasteiger partial charge in [-0.1, -0.05) is 243 Å². The molecule has 0 bridgehead atoms. The van der Waals surface area contributed by atoms with E-state index in [1.807, 2.05) is 0 Å². The van der Waals surface area contributed by atoms with E-state index in [-0.39, 0.29) is 0 Å². The summed E-state index contributed by atoms with van der Waals surface area (Å²) >= 11 is 1.30. The first kappa shape index (κ1) is 40.4.